The second-order valence-corrected chi connectivity index (χ2v) is 7.79. The van der Waals surface area contributed by atoms with Crippen LogP contribution >= 0.6 is 0 Å². The Morgan fingerprint density at radius 3 is 2.15 bits per heavy atom. The lowest BCUT2D eigenvalue weighted by Crippen LogP contribution is -2.40. The third-order valence-corrected chi connectivity index (χ3v) is 5.25. The summed E-state index contributed by atoms with van der Waals surface area (Å²) in [5.41, 5.74) is 3.72. The zero-order valence-corrected chi connectivity index (χ0v) is 16.4. The molecule has 1 aromatic heterocycles. The van der Waals surface area contributed by atoms with Crippen LogP contribution in [0.25, 0.3) is 0 Å². The molecule has 0 N–H and O–H groups in total. The molecule has 0 unspecified atom stereocenters. The van der Waals surface area contributed by atoms with Crippen LogP contribution in [0.4, 0.5) is 0 Å². The molecule has 1 saturated heterocycles. The first kappa shape index (κ1) is 19.6. The minimum atomic E-state index is 0.106. The molecule has 1 amide bonds. The second-order valence-electron chi connectivity index (χ2n) is 7.79. The van der Waals surface area contributed by atoms with Crippen molar-refractivity contribution < 1.29 is 9.53 Å². The molecule has 1 aromatic carbocycles. The average Bonchev–Trinajstić information content (AvgIpc) is 2.70. The van der Waals surface area contributed by atoms with E-state index in [9.17, 15) is 4.79 Å². The van der Waals surface area contributed by atoms with Gasteiger partial charge in [0.1, 0.15) is 0 Å². The minimum Gasteiger partial charge on any atom is -0.372 e. The zero-order chi connectivity index (χ0) is 19.1. The van der Waals surface area contributed by atoms with Crippen molar-refractivity contribution >= 4 is 5.91 Å². The summed E-state index contributed by atoms with van der Waals surface area (Å²) in [5, 5.41) is 0. The van der Waals surface area contributed by atoms with Gasteiger partial charge in [0.15, 0.2) is 0 Å². The zero-order valence-electron chi connectivity index (χ0n) is 16.4. The predicted molar refractivity (Wildman–Crippen MR) is 107 cm³/mol. The molecule has 27 heavy (non-hydrogen) atoms. The van der Waals surface area contributed by atoms with Crippen molar-refractivity contribution in [1.29, 1.82) is 0 Å². The van der Waals surface area contributed by atoms with Crippen LogP contribution in [-0.4, -0.2) is 28.9 Å². The van der Waals surface area contributed by atoms with Gasteiger partial charge in [-0.2, -0.15) is 0 Å². The van der Waals surface area contributed by atoms with Crippen molar-refractivity contribution in [3.63, 3.8) is 0 Å². The molecule has 3 rings (SSSR count). The largest absolute Gasteiger partial charge is 0.372 e. The SMILES string of the molecule is CC(C)C(=O)N1CCC(Cc2ccc(COCc3ccncc3)cc2)CC1. The lowest BCUT2D eigenvalue weighted by Gasteiger charge is -2.33. The van der Waals surface area contributed by atoms with E-state index in [2.05, 4.69) is 29.2 Å². The molecule has 1 fully saturated rings. The summed E-state index contributed by atoms with van der Waals surface area (Å²) in [6.07, 6.45) is 6.89. The molecule has 2 aromatic rings. The highest BCUT2D eigenvalue weighted by molar-refractivity contribution is 5.78. The molecular formula is C23H30N2O2. The van der Waals surface area contributed by atoms with Crippen molar-refractivity contribution in [2.45, 2.75) is 46.3 Å². The number of amides is 1. The number of pyridine rings is 1. The van der Waals surface area contributed by atoms with Gasteiger partial charge in [-0.25, -0.2) is 0 Å². The van der Waals surface area contributed by atoms with Crippen molar-refractivity contribution in [2.24, 2.45) is 11.8 Å². The van der Waals surface area contributed by atoms with Gasteiger partial charge in [-0.15, -0.1) is 0 Å². The van der Waals surface area contributed by atoms with E-state index in [0.717, 1.165) is 37.9 Å². The lowest BCUT2D eigenvalue weighted by molar-refractivity contribution is -0.135. The molecule has 144 valence electrons. The molecule has 4 nitrogen and oxygen atoms in total. The topological polar surface area (TPSA) is 42.4 Å². The highest BCUT2D eigenvalue weighted by Gasteiger charge is 2.24. The Balaban J connectivity index is 1.41. The number of benzene rings is 1. The summed E-state index contributed by atoms with van der Waals surface area (Å²) in [4.78, 5) is 18.1. The summed E-state index contributed by atoms with van der Waals surface area (Å²) < 4.78 is 5.78. The van der Waals surface area contributed by atoms with Gasteiger partial charge in [-0.1, -0.05) is 38.1 Å². The fourth-order valence-corrected chi connectivity index (χ4v) is 3.59. The van der Waals surface area contributed by atoms with Crippen LogP contribution in [0, 0.1) is 11.8 Å². The smallest absolute Gasteiger partial charge is 0.225 e. The number of nitrogens with zero attached hydrogens (tertiary/aromatic N) is 2. The van der Waals surface area contributed by atoms with Crippen molar-refractivity contribution in [3.05, 3.63) is 65.5 Å². The number of hydrogen-bond donors (Lipinski definition) is 0. The lowest BCUT2D eigenvalue weighted by atomic mass is 9.89. The quantitative estimate of drug-likeness (QED) is 0.736. The Hall–Kier alpha value is -2.20. The summed E-state index contributed by atoms with van der Waals surface area (Å²) in [6.45, 7) is 7.01. The van der Waals surface area contributed by atoms with Gasteiger partial charge in [0.05, 0.1) is 13.2 Å². The number of hydrogen-bond acceptors (Lipinski definition) is 3. The van der Waals surface area contributed by atoms with Crippen LogP contribution in [0.5, 0.6) is 0 Å². The van der Waals surface area contributed by atoms with E-state index in [1.807, 2.05) is 30.9 Å². The standard InChI is InChI=1S/C23H30N2O2/c1-18(2)23(26)25-13-9-20(10-14-25)15-19-3-5-21(6-4-19)16-27-17-22-7-11-24-12-8-22/h3-8,11-12,18,20H,9-10,13-17H2,1-2H3. The van der Waals surface area contributed by atoms with Crippen LogP contribution in [0.3, 0.4) is 0 Å². The van der Waals surface area contributed by atoms with E-state index in [0.29, 0.717) is 25.0 Å². The van der Waals surface area contributed by atoms with Gasteiger partial charge in [0, 0.05) is 31.4 Å². The number of rotatable bonds is 7. The van der Waals surface area contributed by atoms with Crippen molar-refractivity contribution in [2.75, 3.05) is 13.1 Å². The minimum absolute atomic E-state index is 0.106. The maximum absolute atomic E-state index is 12.1. The molecule has 2 heterocycles. The molecule has 4 heteroatoms. The third-order valence-electron chi connectivity index (χ3n) is 5.25. The predicted octanol–water partition coefficient (Wildman–Crippen LogP) is 4.24. The average molecular weight is 367 g/mol. The van der Waals surface area contributed by atoms with E-state index in [1.165, 1.54) is 11.1 Å². The van der Waals surface area contributed by atoms with E-state index in [4.69, 9.17) is 4.74 Å². The van der Waals surface area contributed by atoms with Crippen LogP contribution in [0.1, 0.15) is 43.4 Å². The Morgan fingerprint density at radius 2 is 1.56 bits per heavy atom. The summed E-state index contributed by atoms with van der Waals surface area (Å²) >= 11 is 0. The molecule has 0 saturated carbocycles. The first-order valence-electron chi connectivity index (χ1n) is 9.95. The Bertz CT molecular complexity index is 705. The highest BCUT2D eigenvalue weighted by Crippen LogP contribution is 2.23. The monoisotopic (exact) mass is 366 g/mol. The first-order chi connectivity index (χ1) is 13.1. The van der Waals surface area contributed by atoms with Gasteiger partial charge in [-0.05, 0) is 54.0 Å². The third kappa shape index (κ3) is 5.90. The molecule has 0 radical (unpaired) electrons. The number of carbonyl (C=O) groups excluding carboxylic acids is 1. The van der Waals surface area contributed by atoms with Gasteiger partial charge in [0.25, 0.3) is 0 Å². The van der Waals surface area contributed by atoms with Crippen LogP contribution in [0.15, 0.2) is 48.8 Å². The van der Waals surface area contributed by atoms with Crippen molar-refractivity contribution in [1.82, 2.24) is 9.88 Å². The number of ether oxygens (including phenoxy) is 1. The Morgan fingerprint density at radius 1 is 1.00 bits per heavy atom. The van der Waals surface area contributed by atoms with Crippen LogP contribution in [-0.2, 0) is 29.2 Å². The normalized spacial score (nSPS) is 15.3. The van der Waals surface area contributed by atoms with Crippen molar-refractivity contribution in [3.8, 4) is 0 Å². The number of carbonyl (C=O) groups is 1. The van der Waals surface area contributed by atoms with E-state index in [1.54, 1.807) is 12.4 Å². The van der Waals surface area contributed by atoms with Gasteiger partial charge >= 0.3 is 0 Å². The summed E-state index contributed by atoms with van der Waals surface area (Å²) in [7, 11) is 0. The number of aromatic nitrogens is 1. The molecular weight excluding hydrogens is 336 g/mol. The Kier molecular flexibility index (Phi) is 6.99. The van der Waals surface area contributed by atoms with Gasteiger partial charge in [-0.3, -0.25) is 9.78 Å². The summed E-state index contributed by atoms with van der Waals surface area (Å²) in [6, 6.07) is 12.7. The van der Waals surface area contributed by atoms with E-state index >= 15 is 0 Å². The second kappa shape index (κ2) is 9.65. The number of piperidine rings is 1. The molecule has 0 bridgehead atoms. The molecule has 0 atom stereocenters. The molecule has 1 aliphatic rings. The van der Waals surface area contributed by atoms with E-state index in [-0.39, 0.29) is 5.92 Å². The fourth-order valence-electron chi connectivity index (χ4n) is 3.59. The highest BCUT2D eigenvalue weighted by atomic mass is 16.5. The summed E-state index contributed by atoms with van der Waals surface area (Å²) in [5.74, 6) is 1.08. The fraction of sp³-hybridized carbons (Fsp3) is 0.478. The van der Waals surface area contributed by atoms with E-state index < -0.39 is 0 Å². The maximum atomic E-state index is 12.1. The Labute approximate surface area is 162 Å². The first-order valence-corrected chi connectivity index (χ1v) is 9.95. The van der Waals surface area contributed by atoms with Gasteiger partial charge in [0.2, 0.25) is 5.91 Å². The van der Waals surface area contributed by atoms with Gasteiger partial charge < -0.3 is 9.64 Å². The maximum Gasteiger partial charge on any atom is 0.225 e. The van der Waals surface area contributed by atoms with Crippen LogP contribution in [0.2, 0.25) is 0 Å². The molecule has 0 spiro atoms. The van der Waals surface area contributed by atoms with Crippen LogP contribution < -0.4 is 0 Å². The molecule has 0 aliphatic carbocycles. The number of likely N-dealkylation sites (tertiary alicyclic amines) is 1. The molecule has 1 aliphatic heterocycles.